The Bertz CT molecular complexity index is 1910. The van der Waals surface area contributed by atoms with E-state index in [0.29, 0.717) is 28.8 Å². The molecule has 0 radical (unpaired) electrons. The van der Waals surface area contributed by atoms with Crippen LogP contribution in [0, 0.1) is 0 Å². The number of aromatic nitrogens is 6. The molecular weight excluding hydrogens is 690 g/mol. The summed E-state index contributed by atoms with van der Waals surface area (Å²) in [7, 11) is 0. The van der Waals surface area contributed by atoms with Crippen LogP contribution in [0.25, 0.3) is 5.69 Å². The van der Waals surface area contributed by atoms with Gasteiger partial charge in [0.2, 0.25) is 5.79 Å². The van der Waals surface area contributed by atoms with Crippen LogP contribution in [0.4, 0.5) is 11.4 Å². The monoisotopic (exact) mass is 728 g/mol. The van der Waals surface area contributed by atoms with E-state index in [4.69, 9.17) is 37.4 Å². The Balaban J connectivity index is 0.00000432. The Morgan fingerprint density at radius 1 is 0.920 bits per heavy atom. The second kappa shape index (κ2) is 15.9. The van der Waals surface area contributed by atoms with E-state index in [0.717, 1.165) is 55.4 Å². The first-order valence-electron chi connectivity index (χ1n) is 16.4. The summed E-state index contributed by atoms with van der Waals surface area (Å²) in [5.74, 6) is -0.410. The quantitative estimate of drug-likeness (QED) is 0.175. The number of halogens is 2. The molecule has 12 nitrogen and oxygen atoms in total. The third-order valence-electron chi connectivity index (χ3n) is 9.15. The number of anilines is 2. The zero-order valence-electron chi connectivity index (χ0n) is 27.4. The predicted octanol–water partition coefficient (Wildman–Crippen LogP) is 4.93. The van der Waals surface area contributed by atoms with Gasteiger partial charge >= 0.3 is 35.2 Å². The number of hydrogen-bond donors (Lipinski definition) is 0. The third kappa shape index (κ3) is 7.76. The Morgan fingerprint density at radius 2 is 1.58 bits per heavy atom. The molecule has 0 aliphatic carbocycles. The molecule has 50 heavy (non-hydrogen) atoms. The molecule has 2 saturated heterocycles. The fourth-order valence-corrected chi connectivity index (χ4v) is 6.79. The fraction of sp³-hybridized carbons (Fsp3) is 0.371. The third-order valence-corrected chi connectivity index (χ3v) is 9.70. The van der Waals surface area contributed by atoms with Crippen molar-refractivity contribution in [2.75, 3.05) is 49.2 Å². The summed E-state index contributed by atoms with van der Waals surface area (Å²) in [6.07, 6.45) is 5.19. The molecule has 0 bridgehead atoms. The van der Waals surface area contributed by atoms with Crippen LogP contribution in [0.1, 0.15) is 31.9 Å². The molecular formula is C35H39Cl2N8NaO4. The molecule has 0 amide bonds. The standard InChI is InChI=1S/C35H38Cl2N8O4.Na.H/c1-3-25(2)45-34(46)44(24-40-45)29-7-5-27(6-8-29)41-14-16-42(17-15-41)28-9-11-30(12-10-28)47-19-31-20-48-35(49-31,21-43-23-38-22-39-43)32-13-4-26(36)18-33(32)37;;/h4-13,18,22-25,31H,3,14-17,19-21H2,1-2H3;;/t25?,31-,35-;;/m0../s1. The topological polar surface area (TPSA) is 105 Å². The van der Waals surface area contributed by atoms with Crippen LogP contribution < -0.4 is 20.2 Å². The van der Waals surface area contributed by atoms with E-state index in [1.54, 1.807) is 34.0 Å². The summed E-state index contributed by atoms with van der Waals surface area (Å²) in [4.78, 5) is 21.6. The van der Waals surface area contributed by atoms with Crippen molar-refractivity contribution in [3.05, 3.63) is 112 Å². The van der Waals surface area contributed by atoms with Crippen molar-refractivity contribution >= 4 is 64.1 Å². The zero-order chi connectivity index (χ0) is 34.0. The molecule has 7 rings (SSSR count). The van der Waals surface area contributed by atoms with Gasteiger partial charge in [0.15, 0.2) is 0 Å². The second-order valence-electron chi connectivity index (χ2n) is 12.3. The van der Waals surface area contributed by atoms with Crippen LogP contribution in [0.15, 0.2) is 90.5 Å². The summed E-state index contributed by atoms with van der Waals surface area (Å²) >= 11 is 12.7. The summed E-state index contributed by atoms with van der Waals surface area (Å²) in [5.41, 5.74) is 3.64. The summed E-state index contributed by atoms with van der Waals surface area (Å²) in [5, 5.41) is 9.50. The van der Waals surface area contributed by atoms with Crippen LogP contribution in [0.2, 0.25) is 10.0 Å². The molecule has 4 heterocycles. The molecule has 258 valence electrons. The molecule has 2 aliphatic rings. The average molecular weight is 730 g/mol. The van der Waals surface area contributed by atoms with Gasteiger partial charge in [0.05, 0.1) is 23.4 Å². The Labute approximate surface area is 322 Å². The van der Waals surface area contributed by atoms with Crippen molar-refractivity contribution in [1.82, 2.24) is 29.1 Å². The minimum atomic E-state index is -1.16. The van der Waals surface area contributed by atoms with E-state index in [2.05, 4.69) is 49.2 Å². The van der Waals surface area contributed by atoms with Crippen molar-refractivity contribution in [2.45, 2.75) is 44.7 Å². The van der Waals surface area contributed by atoms with Gasteiger partial charge in [-0.05, 0) is 74.0 Å². The zero-order valence-corrected chi connectivity index (χ0v) is 28.9. The van der Waals surface area contributed by atoms with Crippen molar-refractivity contribution in [1.29, 1.82) is 0 Å². The summed E-state index contributed by atoms with van der Waals surface area (Å²) in [6.45, 7) is 8.48. The molecule has 0 saturated carbocycles. The first-order valence-corrected chi connectivity index (χ1v) is 17.2. The molecule has 0 spiro atoms. The fourth-order valence-electron chi connectivity index (χ4n) is 6.24. The number of rotatable bonds is 11. The number of nitrogens with zero attached hydrogens (tertiary/aromatic N) is 8. The van der Waals surface area contributed by atoms with E-state index in [9.17, 15) is 4.79 Å². The summed E-state index contributed by atoms with van der Waals surface area (Å²) < 4.78 is 23.7. The van der Waals surface area contributed by atoms with E-state index in [-0.39, 0.29) is 53.9 Å². The molecule has 15 heteroatoms. The van der Waals surface area contributed by atoms with Crippen LogP contribution >= 0.6 is 23.2 Å². The number of hydrogen-bond acceptors (Lipinski definition) is 9. The molecule has 2 aromatic heterocycles. The normalized spacial score (nSPS) is 19.7. The van der Waals surface area contributed by atoms with Crippen LogP contribution in [-0.4, -0.2) is 104 Å². The number of piperazine rings is 1. The van der Waals surface area contributed by atoms with E-state index in [1.807, 2.05) is 44.2 Å². The van der Waals surface area contributed by atoms with Gasteiger partial charge in [0, 0.05) is 48.1 Å². The second-order valence-corrected chi connectivity index (χ2v) is 13.1. The van der Waals surface area contributed by atoms with Gasteiger partial charge in [0.1, 0.15) is 44.0 Å². The Kier molecular flexibility index (Phi) is 11.6. The van der Waals surface area contributed by atoms with Gasteiger partial charge < -0.3 is 24.0 Å². The Morgan fingerprint density at radius 3 is 2.20 bits per heavy atom. The van der Waals surface area contributed by atoms with Gasteiger partial charge in [0.25, 0.3) is 0 Å². The molecule has 0 N–H and O–H groups in total. The van der Waals surface area contributed by atoms with Crippen LogP contribution in [0.5, 0.6) is 5.75 Å². The van der Waals surface area contributed by atoms with Crippen LogP contribution in [0.3, 0.4) is 0 Å². The summed E-state index contributed by atoms with van der Waals surface area (Å²) in [6, 6.07) is 21.6. The maximum atomic E-state index is 12.8. The van der Waals surface area contributed by atoms with Gasteiger partial charge in [-0.15, -0.1) is 0 Å². The predicted molar refractivity (Wildman–Crippen MR) is 195 cm³/mol. The minimum absolute atomic E-state index is 0. The number of benzene rings is 3. The van der Waals surface area contributed by atoms with Crippen molar-refractivity contribution < 1.29 is 14.2 Å². The number of ether oxygens (including phenoxy) is 3. The molecule has 3 aromatic carbocycles. The molecule has 5 aromatic rings. The van der Waals surface area contributed by atoms with E-state index >= 15 is 0 Å². The van der Waals surface area contributed by atoms with Gasteiger partial charge in [-0.3, -0.25) is 0 Å². The van der Waals surface area contributed by atoms with Gasteiger partial charge in [-0.2, -0.15) is 10.2 Å². The van der Waals surface area contributed by atoms with E-state index in [1.165, 1.54) is 11.0 Å². The van der Waals surface area contributed by atoms with Crippen molar-refractivity contribution in [2.24, 2.45) is 0 Å². The Hall–Kier alpha value is -3.36. The van der Waals surface area contributed by atoms with Crippen molar-refractivity contribution in [3.63, 3.8) is 0 Å². The van der Waals surface area contributed by atoms with Gasteiger partial charge in [-0.25, -0.2) is 23.7 Å². The average Bonchev–Trinajstić information content (AvgIpc) is 3.88. The molecule has 1 unspecified atom stereocenters. The SMILES string of the molecule is CCC(C)n1ncn(-c2ccc(N3CCN(c4ccc(OC[C@H]5CO[C@](Cn6cncn6)(c6ccc(Cl)cc6Cl)O5)cc4)CC3)cc2)c1=O.[NaH]. The van der Waals surface area contributed by atoms with Crippen molar-refractivity contribution in [3.8, 4) is 11.4 Å². The first-order chi connectivity index (χ1) is 23.8. The maximum absolute atomic E-state index is 12.8. The van der Waals surface area contributed by atoms with E-state index < -0.39 is 5.79 Å². The molecule has 3 atom stereocenters. The molecule has 2 fully saturated rings. The van der Waals surface area contributed by atoms with Crippen LogP contribution in [-0.2, 0) is 21.8 Å². The molecule has 2 aliphatic heterocycles. The van der Waals surface area contributed by atoms with Gasteiger partial charge in [-0.1, -0.05) is 36.2 Å². The first kappa shape index (κ1) is 36.4.